The van der Waals surface area contributed by atoms with Gasteiger partial charge in [0.15, 0.2) is 11.6 Å². The highest BCUT2D eigenvalue weighted by Gasteiger charge is 2.24. The first-order valence-electron chi connectivity index (χ1n) is 6.21. The topological polar surface area (TPSA) is 27.1 Å². The maximum Gasteiger partial charge on any atom is 0.184 e. The lowest BCUT2D eigenvalue weighted by Gasteiger charge is -2.25. The Morgan fingerprint density at radius 3 is 2.95 bits per heavy atom. The maximum absolute atomic E-state index is 14.0. The fraction of sp³-hybridized carbons (Fsp3) is 0.462. The zero-order valence-corrected chi connectivity index (χ0v) is 11.0. The monoisotopic (exact) mass is 286 g/mol. The highest BCUT2D eigenvalue weighted by molar-refractivity contribution is 6.16. The van der Waals surface area contributed by atoms with Crippen LogP contribution in [0.4, 0.5) is 8.78 Å². The van der Waals surface area contributed by atoms with E-state index in [1.54, 1.807) is 4.57 Å². The lowest BCUT2D eigenvalue weighted by Crippen LogP contribution is -2.23. The number of hydrogen-bond acceptors (Lipinski definition) is 2. The molecule has 1 aromatic heterocycles. The van der Waals surface area contributed by atoms with Crippen LogP contribution in [0.15, 0.2) is 12.1 Å². The summed E-state index contributed by atoms with van der Waals surface area (Å²) in [6.45, 7) is 1.18. The Balaban J connectivity index is 2.21. The quantitative estimate of drug-likeness (QED) is 0.791. The fourth-order valence-electron chi connectivity index (χ4n) is 2.59. The molecule has 0 bridgehead atoms. The van der Waals surface area contributed by atoms with Crippen molar-refractivity contribution in [3.05, 3.63) is 29.6 Å². The van der Waals surface area contributed by atoms with Gasteiger partial charge in [-0.1, -0.05) is 0 Å². The molecule has 1 aromatic carbocycles. The van der Waals surface area contributed by atoms with Crippen LogP contribution in [-0.2, 0) is 10.6 Å². The van der Waals surface area contributed by atoms with Crippen LogP contribution in [0, 0.1) is 11.6 Å². The van der Waals surface area contributed by atoms with E-state index >= 15 is 0 Å². The van der Waals surface area contributed by atoms with Gasteiger partial charge in [0, 0.05) is 6.61 Å². The number of imidazole rings is 1. The number of rotatable bonds is 2. The molecule has 3 nitrogen and oxygen atoms in total. The average molecular weight is 287 g/mol. The summed E-state index contributed by atoms with van der Waals surface area (Å²) >= 11 is 5.87. The molecule has 1 saturated heterocycles. The number of benzene rings is 1. The van der Waals surface area contributed by atoms with E-state index in [0.717, 1.165) is 18.9 Å². The summed E-state index contributed by atoms with van der Waals surface area (Å²) in [7, 11) is 0. The summed E-state index contributed by atoms with van der Waals surface area (Å²) in [6, 6.07) is 2.53. The van der Waals surface area contributed by atoms with Crippen molar-refractivity contribution in [2.24, 2.45) is 0 Å². The molecular formula is C13H13ClF2N2O. The van der Waals surface area contributed by atoms with Gasteiger partial charge >= 0.3 is 0 Å². The van der Waals surface area contributed by atoms with Gasteiger partial charge in [0.25, 0.3) is 0 Å². The molecule has 1 unspecified atom stereocenters. The molecular weight excluding hydrogens is 274 g/mol. The summed E-state index contributed by atoms with van der Waals surface area (Å²) in [5.74, 6) is -1.03. The fourth-order valence-corrected chi connectivity index (χ4v) is 2.77. The molecule has 1 aliphatic rings. The van der Waals surface area contributed by atoms with Crippen molar-refractivity contribution in [1.82, 2.24) is 9.55 Å². The van der Waals surface area contributed by atoms with E-state index in [4.69, 9.17) is 16.3 Å². The molecule has 0 saturated carbocycles. The molecule has 3 rings (SSSR count). The van der Waals surface area contributed by atoms with Crippen LogP contribution in [0.25, 0.3) is 11.0 Å². The zero-order chi connectivity index (χ0) is 13.4. The van der Waals surface area contributed by atoms with Gasteiger partial charge in [-0.15, -0.1) is 11.6 Å². The number of aromatic nitrogens is 2. The minimum atomic E-state index is -0.869. The van der Waals surface area contributed by atoms with Crippen molar-refractivity contribution in [3.8, 4) is 0 Å². The summed E-state index contributed by atoms with van der Waals surface area (Å²) in [6.07, 6.45) is 1.74. The Kier molecular flexibility index (Phi) is 3.41. The molecule has 0 aliphatic carbocycles. The SMILES string of the molecule is Fc1ccc2nc(CCl)n(C3CCCOC3)c2c1F. The second-order valence-corrected chi connectivity index (χ2v) is 4.90. The first kappa shape index (κ1) is 12.8. The van der Waals surface area contributed by atoms with Crippen LogP contribution in [0.3, 0.4) is 0 Å². The molecule has 102 valence electrons. The van der Waals surface area contributed by atoms with Gasteiger partial charge in [0.1, 0.15) is 11.3 Å². The Morgan fingerprint density at radius 2 is 2.26 bits per heavy atom. The number of nitrogens with zero attached hydrogens (tertiary/aromatic N) is 2. The first-order valence-corrected chi connectivity index (χ1v) is 6.74. The Hall–Kier alpha value is -1.20. The molecule has 2 heterocycles. The zero-order valence-electron chi connectivity index (χ0n) is 10.2. The van der Waals surface area contributed by atoms with Gasteiger partial charge in [0.2, 0.25) is 0 Å². The second-order valence-electron chi connectivity index (χ2n) is 4.63. The van der Waals surface area contributed by atoms with Gasteiger partial charge in [-0.3, -0.25) is 0 Å². The molecule has 2 aromatic rings. The van der Waals surface area contributed by atoms with Gasteiger partial charge in [0.05, 0.1) is 24.0 Å². The number of alkyl halides is 1. The van der Waals surface area contributed by atoms with E-state index in [1.165, 1.54) is 6.07 Å². The van der Waals surface area contributed by atoms with Gasteiger partial charge < -0.3 is 9.30 Å². The lowest BCUT2D eigenvalue weighted by atomic mass is 10.1. The van der Waals surface area contributed by atoms with E-state index in [0.29, 0.717) is 24.6 Å². The van der Waals surface area contributed by atoms with Crippen molar-refractivity contribution >= 4 is 22.6 Å². The number of ether oxygens (including phenoxy) is 1. The van der Waals surface area contributed by atoms with Crippen LogP contribution in [0.1, 0.15) is 24.7 Å². The predicted octanol–water partition coefficient (Wildman–Crippen LogP) is 3.40. The van der Waals surface area contributed by atoms with Crippen molar-refractivity contribution in [3.63, 3.8) is 0 Å². The third kappa shape index (κ3) is 2.11. The van der Waals surface area contributed by atoms with Crippen molar-refractivity contribution in [1.29, 1.82) is 0 Å². The van der Waals surface area contributed by atoms with Crippen LogP contribution in [-0.4, -0.2) is 22.8 Å². The summed E-state index contributed by atoms with van der Waals surface area (Å²) in [5, 5.41) is 0. The largest absolute Gasteiger partial charge is 0.379 e. The molecule has 1 aliphatic heterocycles. The molecule has 0 spiro atoms. The van der Waals surface area contributed by atoms with Crippen molar-refractivity contribution in [2.75, 3.05) is 13.2 Å². The molecule has 1 atom stereocenters. The van der Waals surface area contributed by atoms with Crippen molar-refractivity contribution < 1.29 is 13.5 Å². The van der Waals surface area contributed by atoms with E-state index in [9.17, 15) is 8.78 Å². The first-order chi connectivity index (χ1) is 9.22. The van der Waals surface area contributed by atoms with E-state index in [2.05, 4.69) is 4.98 Å². The van der Waals surface area contributed by atoms with Gasteiger partial charge in [-0.25, -0.2) is 13.8 Å². The minimum Gasteiger partial charge on any atom is -0.379 e. The summed E-state index contributed by atoms with van der Waals surface area (Å²) in [4.78, 5) is 4.28. The summed E-state index contributed by atoms with van der Waals surface area (Å²) in [5.41, 5.74) is 0.617. The third-order valence-corrected chi connectivity index (χ3v) is 3.68. The third-order valence-electron chi connectivity index (χ3n) is 3.44. The molecule has 6 heteroatoms. The maximum atomic E-state index is 14.0. The number of halogens is 3. The average Bonchev–Trinajstić information content (AvgIpc) is 2.83. The van der Waals surface area contributed by atoms with Crippen molar-refractivity contribution in [2.45, 2.75) is 24.8 Å². The molecule has 0 radical (unpaired) electrons. The molecule has 0 amide bonds. The molecule has 1 fully saturated rings. The number of hydrogen-bond donors (Lipinski definition) is 0. The predicted molar refractivity (Wildman–Crippen MR) is 68.3 cm³/mol. The van der Waals surface area contributed by atoms with Gasteiger partial charge in [-0.05, 0) is 25.0 Å². The van der Waals surface area contributed by atoms with Crippen LogP contribution >= 0.6 is 11.6 Å². The standard InChI is InChI=1S/C13H13ClF2N2O/c14-6-11-17-10-4-3-9(15)12(16)13(10)18(11)8-2-1-5-19-7-8/h3-4,8H,1-2,5-7H2. The summed E-state index contributed by atoms with van der Waals surface area (Å²) < 4.78 is 34.6. The minimum absolute atomic E-state index is 0.0381. The van der Waals surface area contributed by atoms with Gasteiger partial charge in [-0.2, -0.15) is 0 Å². The molecule has 0 N–H and O–H groups in total. The Bertz CT molecular complexity index is 608. The number of fused-ring (bicyclic) bond motifs is 1. The highest BCUT2D eigenvalue weighted by Crippen LogP contribution is 2.30. The Morgan fingerprint density at radius 1 is 1.42 bits per heavy atom. The Labute approximate surface area is 114 Å². The normalized spacial score (nSPS) is 20.1. The second kappa shape index (κ2) is 5.06. The van der Waals surface area contributed by atoms with Crippen LogP contribution < -0.4 is 0 Å². The van der Waals surface area contributed by atoms with Crippen LogP contribution in [0.5, 0.6) is 0 Å². The van der Waals surface area contributed by atoms with E-state index in [1.807, 2.05) is 0 Å². The van der Waals surface area contributed by atoms with Crippen LogP contribution in [0.2, 0.25) is 0 Å². The molecule has 19 heavy (non-hydrogen) atoms. The van der Waals surface area contributed by atoms with E-state index in [-0.39, 0.29) is 17.4 Å². The lowest BCUT2D eigenvalue weighted by molar-refractivity contribution is 0.0595. The highest BCUT2D eigenvalue weighted by atomic mass is 35.5. The van der Waals surface area contributed by atoms with E-state index < -0.39 is 11.6 Å². The smallest absolute Gasteiger partial charge is 0.184 e.